The summed E-state index contributed by atoms with van der Waals surface area (Å²) in [5.74, 6) is 0.0214. The second-order valence-corrected chi connectivity index (χ2v) is 10.3. The maximum Gasteiger partial charge on any atom is 0.261 e. The van der Waals surface area contributed by atoms with Gasteiger partial charge in [0.25, 0.3) is 5.91 Å². The maximum absolute atomic E-state index is 13.6. The van der Waals surface area contributed by atoms with Crippen molar-refractivity contribution < 1.29 is 14.3 Å². The lowest BCUT2D eigenvalue weighted by Gasteiger charge is -2.38. The van der Waals surface area contributed by atoms with Crippen LogP contribution in [0.1, 0.15) is 22.0 Å². The molecule has 0 fully saturated rings. The van der Waals surface area contributed by atoms with E-state index in [2.05, 4.69) is 6.58 Å². The molecule has 2 amide bonds. The van der Waals surface area contributed by atoms with Gasteiger partial charge in [0.05, 0.1) is 6.04 Å². The van der Waals surface area contributed by atoms with Gasteiger partial charge in [0.1, 0.15) is 12.3 Å². The van der Waals surface area contributed by atoms with Crippen LogP contribution >= 0.6 is 46.1 Å². The van der Waals surface area contributed by atoms with E-state index in [1.165, 1.54) is 9.78 Å². The van der Waals surface area contributed by atoms with E-state index in [4.69, 9.17) is 39.5 Å². The van der Waals surface area contributed by atoms with Crippen molar-refractivity contribution in [1.29, 1.82) is 0 Å². The van der Waals surface area contributed by atoms with Crippen LogP contribution in [-0.4, -0.2) is 47.9 Å². The summed E-state index contributed by atoms with van der Waals surface area (Å²) in [5.41, 5.74) is 1.85. The lowest BCUT2D eigenvalue weighted by atomic mass is 9.93. The minimum absolute atomic E-state index is 0.101. The van der Waals surface area contributed by atoms with Gasteiger partial charge in [0.2, 0.25) is 5.91 Å². The predicted molar refractivity (Wildman–Crippen MR) is 142 cm³/mol. The zero-order valence-electron chi connectivity index (χ0n) is 18.8. The fraction of sp³-hybridized carbons (Fsp3) is 0.231. The number of amides is 2. The molecule has 182 valence electrons. The SMILES string of the molecule is C=CCN(CC(=O)N1CCc2sccc2C1c1ccc(Cl)cc1Cl)C(=O)COc1ccc(Cl)cc1. The Balaban J connectivity index is 1.52. The third-order valence-electron chi connectivity index (χ3n) is 5.75. The van der Waals surface area contributed by atoms with Gasteiger partial charge in [-0.1, -0.05) is 46.9 Å². The molecule has 5 nitrogen and oxygen atoms in total. The van der Waals surface area contributed by atoms with Crippen LogP contribution in [0.4, 0.5) is 0 Å². The molecule has 9 heteroatoms. The van der Waals surface area contributed by atoms with Crippen molar-refractivity contribution in [1.82, 2.24) is 9.80 Å². The average Bonchev–Trinajstić information content (AvgIpc) is 3.32. The number of benzene rings is 2. The van der Waals surface area contributed by atoms with E-state index in [0.29, 0.717) is 27.4 Å². The van der Waals surface area contributed by atoms with Gasteiger partial charge < -0.3 is 14.5 Å². The van der Waals surface area contributed by atoms with Gasteiger partial charge in [-0.3, -0.25) is 9.59 Å². The number of hydrogen-bond donors (Lipinski definition) is 0. The van der Waals surface area contributed by atoms with Crippen molar-refractivity contribution in [2.45, 2.75) is 12.5 Å². The minimum Gasteiger partial charge on any atom is -0.484 e. The standard InChI is InChI=1S/C26H23Cl3N2O3S/c1-2-11-30(25(33)16-34-19-6-3-17(27)4-7-19)15-24(32)31-12-9-23-21(10-13-35-23)26(31)20-8-5-18(28)14-22(20)29/h2-8,10,13-14,26H,1,9,11-12,15-16H2. The minimum atomic E-state index is -0.353. The van der Waals surface area contributed by atoms with E-state index < -0.39 is 0 Å². The Morgan fingerprint density at radius 3 is 2.54 bits per heavy atom. The molecular formula is C26H23Cl3N2O3S. The molecule has 0 bridgehead atoms. The first-order valence-corrected chi connectivity index (χ1v) is 13.0. The van der Waals surface area contributed by atoms with Crippen LogP contribution in [0, 0.1) is 0 Å². The van der Waals surface area contributed by atoms with Gasteiger partial charge in [-0.2, -0.15) is 0 Å². The highest BCUT2D eigenvalue weighted by molar-refractivity contribution is 7.10. The summed E-state index contributed by atoms with van der Waals surface area (Å²) in [4.78, 5) is 30.9. The van der Waals surface area contributed by atoms with Gasteiger partial charge in [0, 0.05) is 33.0 Å². The molecule has 0 aliphatic carbocycles. The predicted octanol–water partition coefficient (Wildman–Crippen LogP) is 6.28. The van der Waals surface area contributed by atoms with E-state index in [1.807, 2.05) is 17.5 Å². The monoisotopic (exact) mass is 548 g/mol. The Bertz CT molecular complexity index is 1230. The number of rotatable bonds is 8. The Morgan fingerprint density at radius 1 is 1.09 bits per heavy atom. The zero-order valence-corrected chi connectivity index (χ0v) is 21.8. The van der Waals surface area contributed by atoms with Crippen molar-refractivity contribution in [3.05, 3.63) is 97.6 Å². The van der Waals surface area contributed by atoms with Gasteiger partial charge in [0.15, 0.2) is 6.61 Å². The molecule has 1 unspecified atom stereocenters. The fourth-order valence-corrected chi connectivity index (χ4v) is 5.62. The summed E-state index contributed by atoms with van der Waals surface area (Å²) in [7, 11) is 0. The summed E-state index contributed by atoms with van der Waals surface area (Å²) < 4.78 is 5.59. The fourth-order valence-electron chi connectivity index (χ4n) is 4.08. The van der Waals surface area contributed by atoms with E-state index >= 15 is 0 Å². The summed E-state index contributed by atoms with van der Waals surface area (Å²) in [6.45, 7) is 4.17. The van der Waals surface area contributed by atoms with Crippen LogP contribution in [0.15, 0.2) is 66.6 Å². The summed E-state index contributed by atoms with van der Waals surface area (Å²) in [6.07, 6.45) is 2.34. The van der Waals surface area contributed by atoms with Gasteiger partial charge in [-0.25, -0.2) is 0 Å². The van der Waals surface area contributed by atoms with Crippen molar-refractivity contribution in [3.8, 4) is 5.75 Å². The first-order chi connectivity index (χ1) is 16.9. The van der Waals surface area contributed by atoms with Gasteiger partial charge >= 0.3 is 0 Å². The lowest BCUT2D eigenvalue weighted by molar-refractivity contribution is -0.142. The Kier molecular flexibility index (Phi) is 8.39. The maximum atomic E-state index is 13.6. The van der Waals surface area contributed by atoms with E-state index in [9.17, 15) is 9.59 Å². The second-order valence-electron chi connectivity index (χ2n) is 8.01. The topological polar surface area (TPSA) is 49.9 Å². The van der Waals surface area contributed by atoms with Crippen LogP contribution in [0.2, 0.25) is 15.1 Å². The summed E-state index contributed by atoms with van der Waals surface area (Å²) in [6, 6.07) is 13.7. The molecule has 0 saturated carbocycles. The highest BCUT2D eigenvalue weighted by atomic mass is 35.5. The number of carbonyl (C=O) groups is 2. The summed E-state index contributed by atoms with van der Waals surface area (Å²) >= 11 is 20.2. The highest BCUT2D eigenvalue weighted by Gasteiger charge is 2.35. The molecule has 0 N–H and O–H groups in total. The normalized spacial score (nSPS) is 14.8. The van der Waals surface area contributed by atoms with Crippen LogP contribution < -0.4 is 4.74 Å². The third-order valence-corrected chi connectivity index (χ3v) is 7.56. The quantitative estimate of drug-likeness (QED) is 0.311. The van der Waals surface area contributed by atoms with Crippen molar-refractivity contribution in [2.75, 3.05) is 26.2 Å². The molecule has 0 radical (unpaired) electrons. The number of hydrogen-bond acceptors (Lipinski definition) is 4. The number of halogens is 3. The first-order valence-electron chi connectivity index (χ1n) is 10.9. The third kappa shape index (κ3) is 6.01. The molecule has 35 heavy (non-hydrogen) atoms. The Morgan fingerprint density at radius 2 is 1.83 bits per heavy atom. The molecule has 0 spiro atoms. The molecular weight excluding hydrogens is 527 g/mol. The number of fused-ring (bicyclic) bond motifs is 1. The molecule has 3 aromatic rings. The largest absolute Gasteiger partial charge is 0.484 e. The Labute approximate surface area is 223 Å². The second kappa shape index (κ2) is 11.5. The smallest absolute Gasteiger partial charge is 0.261 e. The molecule has 2 heterocycles. The molecule has 2 aromatic carbocycles. The van der Waals surface area contributed by atoms with Crippen LogP contribution in [0.25, 0.3) is 0 Å². The zero-order chi connectivity index (χ0) is 24.9. The molecule has 4 rings (SSSR count). The average molecular weight is 550 g/mol. The van der Waals surface area contributed by atoms with E-state index in [0.717, 1.165) is 17.5 Å². The van der Waals surface area contributed by atoms with Crippen molar-refractivity contribution in [2.24, 2.45) is 0 Å². The number of nitrogens with zero attached hydrogens (tertiary/aromatic N) is 2. The number of carbonyl (C=O) groups excluding carboxylic acids is 2. The molecule has 1 aliphatic rings. The highest BCUT2D eigenvalue weighted by Crippen LogP contribution is 2.41. The van der Waals surface area contributed by atoms with Gasteiger partial charge in [-0.05, 0) is 65.4 Å². The molecule has 0 saturated heterocycles. The molecule has 1 aliphatic heterocycles. The molecule has 1 atom stereocenters. The first kappa shape index (κ1) is 25.6. The van der Waals surface area contributed by atoms with Gasteiger partial charge in [-0.15, -0.1) is 17.9 Å². The van der Waals surface area contributed by atoms with Crippen LogP contribution in [-0.2, 0) is 16.0 Å². The van der Waals surface area contributed by atoms with E-state index in [1.54, 1.807) is 58.7 Å². The number of thiophene rings is 1. The van der Waals surface area contributed by atoms with Crippen molar-refractivity contribution >= 4 is 58.0 Å². The molecule has 1 aromatic heterocycles. The lowest BCUT2D eigenvalue weighted by Crippen LogP contribution is -2.47. The van der Waals surface area contributed by atoms with E-state index in [-0.39, 0.29) is 37.6 Å². The Hall–Kier alpha value is -2.51. The summed E-state index contributed by atoms with van der Waals surface area (Å²) in [5, 5.41) is 3.63. The number of ether oxygens (including phenoxy) is 1. The van der Waals surface area contributed by atoms with Crippen molar-refractivity contribution in [3.63, 3.8) is 0 Å². The van der Waals surface area contributed by atoms with Crippen LogP contribution in [0.3, 0.4) is 0 Å². The van der Waals surface area contributed by atoms with Crippen LogP contribution in [0.5, 0.6) is 5.75 Å².